The number of hydrogen-bond donors (Lipinski definition) is 1. The summed E-state index contributed by atoms with van der Waals surface area (Å²) in [6.07, 6.45) is 2.16. The molecule has 2 aromatic rings. The van der Waals surface area contributed by atoms with Crippen LogP contribution in [0.3, 0.4) is 0 Å². The molecule has 0 aliphatic rings. The van der Waals surface area contributed by atoms with Crippen molar-refractivity contribution in [2.24, 2.45) is 5.92 Å². The molecule has 1 aromatic carbocycles. The highest BCUT2D eigenvalue weighted by atomic mass is 15.0. The van der Waals surface area contributed by atoms with E-state index >= 15 is 0 Å². The molecule has 0 saturated heterocycles. The Bertz CT molecular complexity index is 511. The third-order valence-electron chi connectivity index (χ3n) is 3.22. The van der Waals surface area contributed by atoms with Gasteiger partial charge in [-0.25, -0.2) is 0 Å². The number of benzene rings is 1. The fraction of sp³-hybridized carbons (Fsp3) is 0.412. The molecule has 0 spiro atoms. The zero-order chi connectivity index (χ0) is 13.7. The number of aryl methyl sites for hydroxylation is 1. The number of aromatic nitrogens is 1. The Morgan fingerprint density at radius 2 is 2.00 bits per heavy atom. The van der Waals surface area contributed by atoms with Crippen LogP contribution >= 0.6 is 0 Å². The van der Waals surface area contributed by atoms with E-state index in [1.165, 1.54) is 16.8 Å². The van der Waals surface area contributed by atoms with Crippen LogP contribution in [0, 0.1) is 12.8 Å². The average Bonchev–Trinajstić information content (AvgIpc) is 2.76. The molecule has 0 saturated carbocycles. The van der Waals surface area contributed by atoms with Gasteiger partial charge in [-0.2, -0.15) is 0 Å². The first kappa shape index (κ1) is 13.9. The molecule has 0 unspecified atom stereocenters. The molecule has 2 nitrogen and oxygen atoms in total. The molecule has 0 radical (unpaired) electrons. The summed E-state index contributed by atoms with van der Waals surface area (Å²) in [4.78, 5) is 0. The average molecular weight is 256 g/mol. The minimum Gasteiger partial charge on any atom is -0.346 e. The molecule has 0 amide bonds. The first-order chi connectivity index (χ1) is 9.15. The molecule has 2 rings (SSSR count). The Morgan fingerprint density at radius 3 is 2.74 bits per heavy atom. The zero-order valence-electron chi connectivity index (χ0n) is 12.2. The number of hydrogen-bond acceptors (Lipinski definition) is 1. The lowest BCUT2D eigenvalue weighted by molar-refractivity contribution is 0.539. The van der Waals surface area contributed by atoms with Gasteiger partial charge in [0, 0.05) is 25.0 Å². The predicted octanol–water partition coefficient (Wildman–Crippen LogP) is 3.59. The van der Waals surface area contributed by atoms with Gasteiger partial charge in [0.25, 0.3) is 0 Å². The molecule has 2 heteroatoms. The Morgan fingerprint density at radius 1 is 1.16 bits per heavy atom. The van der Waals surface area contributed by atoms with Crippen molar-refractivity contribution in [2.75, 3.05) is 6.54 Å². The Hall–Kier alpha value is -1.54. The highest BCUT2D eigenvalue weighted by Gasteiger charge is 2.02. The fourth-order valence-electron chi connectivity index (χ4n) is 2.26. The second-order valence-electron chi connectivity index (χ2n) is 5.64. The quantitative estimate of drug-likeness (QED) is 0.835. The van der Waals surface area contributed by atoms with Crippen LogP contribution in [0.5, 0.6) is 0 Å². The molecule has 102 valence electrons. The van der Waals surface area contributed by atoms with Gasteiger partial charge in [-0.1, -0.05) is 43.7 Å². The van der Waals surface area contributed by atoms with Gasteiger partial charge in [0.1, 0.15) is 0 Å². The lowest BCUT2D eigenvalue weighted by atomic mass is 10.1. The third-order valence-corrected chi connectivity index (χ3v) is 3.22. The van der Waals surface area contributed by atoms with Crippen LogP contribution in [-0.4, -0.2) is 11.1 Å². The standard InChI is InChI=1S/C17H24N2/c1-14(2)11-18-12-17-8-5-9-19(17)13-16-7-4-6-15(3)10-16/h4-10,14,18H,11-13H2,1-3H3. The summed E-state index contributed by atoms with van der Waals surface area (Å²) in [6, 6.07) is 13.0. The van der Waals surface area contributed by atoms with Gasteiger partial charge in [-0.3, -0.25) is 0 Å². The number of nitrogens with one attached hydrogen (secondary N) is 1. The lowest BCUT2D eigenvalue weighted by Gasteiger charge is -2.12. The minimum atomic E-state index is 0.695. The smallest absolute Gasteiger partial charge is 0.0473 e. The normalized spacial score (nSPS) is 11.2. The highest BCUT2D eigenvalue weighted by Crippen LogP contribution is 2.10. The molecule has 0 aliphatic heterocycles. The molecule has 1 aromatic heterocycles. The second kappa shape index (κ2) is 6.58. The summed E-state index contributed by atoms with van der Waals surface area (Å²) in [7, 11) is 0. The molecular weight excluding hydrogens is 232 g/mol. The predicted molar refractivity (Wildman–Crippen MR) is 81.3 cm³/mol. The van der Waals surface area contributed by atoms with E-state index in [0.29, 0.717) is 5.92 Å². The van der Waals surface area contributed by atoms with E-state index in [0.717, 1.165) is 19.6 Å². The summed E-state index contributed by atoms with van der Waals surface area (Å²) in [6.45, 7) is 9.57. The Kier molecular flexibility index (Phi) is 4.80. The monoisotopic (exact) mass is 256 g/mol. The topological polar surface area (TPSA) is 17.0 Å². The van der Waals surface area contributed by atoms with E-state index in [4.69, 9.17) is 0 Å². The van der Waals surface area contributed by atoms with Gasteiger partial charge < -0.3 is 9.88 Å². The minimum absolute atomic E-state index is 0.695. The van der Waals surface area contributed by atoms with Crippen molar-refractivity contribution in [3.05, 3.63) is 59.4 Å². The van der Waals surface area contributed by atoms with Crippen LogP contribution in [-0.2, 0) is 13.1 Å². The summed E-state index contributed by atoms with van der Waals surface area (Å²) >= 11 is 0. The summed E-state index contributed by atoms with van der Waals surface area (Å²) in [5.74, 6) is 0.695. The van der Waals surface area contributed by atoms with Crippen LogP contribution in [0.2, 0.25) is 0 Å². The van der Waals surface area contributed by atoms with E-state index in [-0.39, 0.29) is 0 Å². The Balaban J connectivity index is 1.99. The van der Waals surface area contributed by atoms with Crippen molar-refractivity contribution in [2.45, 2.75) is 33.9 Å². The van der Waals surface area contributed by atoms with Crippen molar-refractivity contribution in [3.8, 4) is 0 Å². The van der Waals surface area contributed by atoms with Crippen molar-refractivity contribution in [1.29, 1.82) is 0 Å². The van der Waals surface area contributed by atoms with Gasteiger partial charge >= 0.3 is 0 Å². The summed E-state index contributed by atoms with van der Waals surface area (Å²) in [5, 5.41) is 3.50. The van der Waals surface area contributed by atoms with Crippen molar-refractivity contribution in [1.82, 2.24) is 9.88 Å². The second-order valence-corrected chi connectivity index (χ2v) is 5.64. The van der Waals surface area contributed by atoms with E-state index in [1.54, 1.807) is 0 Å². The summed E-state index contributed by atoms with van der Waals surface area (Å²) < 4.78 is 2.32. The van der Waals surface area contributed by atoms with Crippen molar-refractivity contribution < 1.29 is 0 Å². The maximum atomic E-state index is 3.50. The lowest BCUT2D eigenvalue weighted by Crippen LogP contribution is -2.20. The molecule has 0 atom stereocenters. The van der Waals surface area contributed by atoms with Crippen LogP contribution in [0.4, 0.5) is 0 Å². The van der Waals surface area contributed by atoms with Crippen LogP contribution in [0.25, 0.3) is 0 Å². The highest BCUT2D eigenvalue weighted by molar-refractivity contribution is 5.23. The Labute approximate surface area is 116 Å². The molecule has 19 heavy (non-hydrogen) atoms. The van der Waals surface area contributed by atoms with E-state index in [1.807, 2.05) is 0 Å². The van der Waals surface area contributed by atoms with Gasteiger partial charge in [0.2, 0.25) is 0 Å². The van der Waals surface area contributed by atoms with Crippen LogP contribution < -0.4 is 5.32 Å². The maximum Gasteiger partial charge on any atom is 0.0473 e. The molecule has 1 heterocycles. The first-order valence-corrected chi connectivity index (χ1v) is 7.05. The molecule has 0 fully saturated rings. The SMILES string of the molecule is Cc1cccc(Cn2cccc2CNCC(C)C)c1. The summed E-state index contributed by atoms with van der Waals surface area (Å²) in [5.41, 5.74) is 4.03. The largest absolute Gasteiger partial charge is 0.346 e. The number of nitrogens with zero attached hydrogens (tertiary/aromatic N) is 1. The van der Waals surface area contributed by atoms with Gasteiger partial charge in [-0.15, -0.1) is 0 Å². The third kappa shape index (κ3) is 4.25. The fourth-order valence-corrected chi connectivity index (χ4v) is 2.26. The van der Waals surface area contributed by atoms with E-state index in [2.05, 4.69) is 73.3 Å². The van der Waals surface area contributed by atoms with Crippen LogP contribution in [0.15, 0.2) is 42.6 Å². The molecule has 1 N–H and O–H groups in total. The van der Waals surface area contributed by atoms with Gasteiger partial charge in [0.15, 0.2) is 0 Å². The van der Waals surface area contributed by atoms with Crippen molar-refractivity contribution >= 4 is 0 Å². The van der Waals surface area contributed by atoms with Crippen molar-refractivity contribution in [3.63, 3.8) is 0 Å². The number of rotatable bonds is 6. The molecule has 0 aliphatic carbocycles. The molecular formula is C17H24N2. The first-order valence-electron chi connectivity index (χ1n) is 7.05. The van der Waals surface area contributed by atoms with Gasteiger partial charge in [0.05, 0.1) is 0 Å². The zero-order valence-corrected chi connectivity index (χ0v) is 12.2. The van der Waals surface area contributed by atoms with E-state index in [9.17, 15) is 0 Å². The maximum absolute atomic E-state index is 3.50. The molecule has 0 bridgehead atoms. The van der Waals surface area contributed by atoms with Crippen LogP contribution in [0.1, 0.15) is 30.7 Å². The van der Waals surface area contributed by atoms with Gasteiger partial charge in [-0.05, 0) is 37.1 Å². The van der Waals surface area contributed by atoms with E-state index < -0.39 is 0 Å².